The monoisotopic (exact) mass is 166 g/mol. The molecule has 0 aromatic rings. The van der Waals surface area contributed by atoms with E-state index in [4.69, 9.17) is 5.26 Å². The van der Waals surface area contributed by atoms with Crippen molar-refractivity contribution in [1.29, 1.82) is 5.26 Å². The van der Waals surface area contributed by atoms with Crippen LogP contribution in [-0.4, -0.2) is 23.4 Å². The minimum Gasteiger partial charge on any atom is -0.339 e. The van der Waals surface area contributed by atoms with Crippen LogP contribution < -0.4 is 0 Å². The summed E-state index contributed by atoms with van der Waals surface area (Å²) < 4.78 is 0. The van der Waals surface area contributed by atoms with Crippen LogP contribution in [0, 0.1) is 17.2 Å². The molecular formula is C9H14N2O. The molecule has 1 amide bonds. The van der Waals surface area contributed by atoms with Crippen molar-refractivity contribution in [1.82, 2.24) is 4.90 Å². The van der Waals surface area contributed by atoms with E-state index in [9.17, 15) is 4.79 Å². The number of hydrogen-bond donors (Lipinski definition) is 0. The van der Waals surface area contributed by atoms with Gasteiger partial charge in [0.05, 0.1) is 12.0 Å². The van der Waals surface area contributed by atoms with E-state index >= 15 is 0 Å². The molecule has 0 N–H and O–H groups in total. The van der Waals surface area contributed by atoms with Gasteiger partial charge in [-0.15, -0.1) is 0 Å². The van der Waals surface area contributed by atoms with Crippen molar-refractivity contribution in [3.8, 4) is 6.07 Å². The molecule has 1 aliphatic heterocycles. The van der Waals surface area contributed by atoms with Crippen molar-refractivity contribution in [3.63, 3.8) is 0 Å². The number of likely N-dealkylation sites (tertiary alicyclic amines) is 1. The van der Waals surface area contributed by atoms with Gasteiger partial charge >= 0.3 is 0 Å². The lowest BCUT2D eigenvalue weighted by molar-refractivity contribution is -0.132. The molecule has 1 rings (SSSR count). The van der Waals surface area contributed by atoms with Crippen molar-refractivity contribution < 1.29 is 4.79 Å². The lowest BCUT2D eigenvalue weighted by Crippen LogP contribution is -2.44. The molecule has 3 heteroatoms. The molecule has 1 aliphatic rings. The number of nitriles is 1. The smallest absolute Gasteiger partial charge is 0.219 e. The van der Waals surface area contributed by atoms with Gasteiger partial charge in [-0.05, 0) is 19.8 Å². The minimum absolute atomic E-state index is 0.0464. The van der Waals surface area contributed by atoms with Crippen LogP contribution in [0.25, 0.3) is 0 Å². The SMILES string of the molecule is CC(=O)N1CC(C#N)CCC1C. The molecule has 0 aliphatic carbocycles. The lowest BCUT2D eigenvalue weighted by atomic mass is 9.95. The zero-order valence-electron chi connectivity index (χ0n) is 7.58. The highest BCUT2D eigenvalue weighted by molar-refractivity contribution is 5.73. The molecule has 66 valence electrons. The van der Waals surface area contributed by atoms with Crippen LogP contribution >= 0.6 is 0 Å². The summed E-state index contributed by atoms with van der Waals surface area (Å²) >= 11 is 0. The maximum absolute atomic E-state index is 11.1. The lowest BCUT2D eigenvalue weighted by Gasteiger charge is -2.34. The van der Waals surface area contributed by atoms with Crippen LogP contribution in [0.1, 0.15) is 26.7 Å². The minimum atomic E-state index is 0.0464. The molecule has 0 aromatic carbocycles. The molecule has 3 nitrogen and oxygen atoms in total. The number of rotatable bonds is 0. The highest BCUT2D eigenvalue weighted by Crippen LogP contribution is 2.20. The Bertz CT molecular complexity index is 219. The largest absolute Gasteiger partial charge is 0.339 e. The van der Waals surface area contributed by atoms with Gasteiger partial charge in [-0.2, -0.15) is 5.26 Å². The number of amides is 1. The summed E-state index contributed by atoms with van der Waals surface area (Å²) in [6.45, 7) is 4.22. The van der Waals surface area contributed by atoms with Crippen LogP contribution in [0.2, 0.25) is 0 Å². The molecule has 0 radical (unpaired) electrons. The van der Waals surface area contributed by atoms with Crippen molar-refractivity contribution in [2.45, 2.75) is 32.7 Å². The first-order chi connectivity index (χ1) is 5.65. The van der Waals surface area contributed by atoms with Gasteiger partial charge in [0.15, 0.2) is 0 Å². The van der Waals surface area contributed by atoms with Crippen molar-refractivity contribution in [3.05, 3.63) is 0 Å². The van der Waals surface area contributed by atoms with Gasteiger partial charge in [0.1, 0.15) is 0 Å². The van der Waals surface area contributed by atoms with E-state index in [1.54, 1.807) is 11.8 Å². The first-order valence-electron chi connectivity index (χ1n) is 4.32. The fourth-order valence-corrected chi connectivity index (χ4v) is 1.65. The van der Waals surface area contributed by atoms with Crippen molar-refractivity contribution in [2.24, 2.45) is 5.92 Å². The zero-order valence-corrected chi connectivity index (χ0v) is 7.58. The van der Waals surface area contributed by atoms with Gasteiger partial charge in [-0.25, -0.2) is 0 Å². The second kappa shape index (κ2) is 3.57. The molecule has 1 fully saturated rings. The van der Waals surface area contributed by atoms with Crippen molar-refractivity contribution >= 4 is 5.91 Å². The molecule has 0 bridgehead atoms. The first kappa shape index (κ1) is 9.05. The number of nitrogens with zero attached hydrogens (tertiary/aromatic N) is 2. The van der Waals surface area contributed by atoms with Crippen LogP contribution in [-0.2, 0) is 4.79 Å². The van der Waals surface area contributed by atoms with Gasteiger partial charge in [-0.3, -0.25) is 4.79 Å². The third kappa shape index (κ3) is 1.76. The standard InChI is InChI=1S/C9H14N2O/c1-7-3-4-9(5-10)6-11(7)8(2)12/h7,9H,3-4,6H2,1-2H3. The van der Waals surface area contributed by atoms with Crippen LogP contribution in [0.5, 0.6) is 0 Å². The zero-order chi connectivity index (χ0) is 9.14. The van der Waals surface area contributed by atoms with Crippen LogP contribution in [0.4, 0.5) is 0 Å². The Morgan fingerprint density at radius 2 is 2.25 bits per heavy atom. The average molecular weight is 166 g/mol. The highest BCUT2D eigenvalue weighted by Gasteiger charge is 2.26. The topological polar surface area (TPSA) is 44.1 Å². The van der Waals surface area contributed by atoms with Crippen LogP contribution in [0.3, 0.4) is 0 Å². The maximum atomic E-state index is 11.1. The maximum Gasteiger partial charge on any atom is 0.219 e. The summed E-state index contributed by atoms with van der Waals surface area (Å²) in [6, 6.07) is 2.53. The molecular weight excluding hydrogens is 152 g/mol. The summed E-state index contributed by atoms with van der Waals surface area (Å²) in [7, 11) is 0. The van der Waals surface area contributed by atoms with E-state index in [0.29, 0.717) is 12.6 Å². The third-order valence-corrected chi connectivity index (χ3v) is 2.47. The van der Waals surface area contributed by atoms with Gasteiger partial charge < -0.3 is 4.90 Å². The van der Waals surface area contributed by atoms with E-state index in [1.165, 1.54) is 0 Å². The molecule has 0 saturated carbocycles. The van der Waals surface area contributed by atoms with Gasteiger partial charge in [0.25, 0.3) is 0 Å². The van der Waals surface area contributed by atoms with Crippen molar-refractivity contribution in [2.75, 3.05) is 6.54 Å². The summed E-state index contributed by atoms with van der Waals surface area (Å²) in [4.78, 5) is 12.9. The fraction of sp³-hybridized carbons (Fsp3) is 0.778. The quantitative estimate of drug-likeness (QED) is 0.542. The van der Waals surface area contributed by atoms with Crippen LogP contribution in [0.15, 0.2) is 0 Å². The predicted octanol–water partition coefficient (Wildman–Crippen LogP) is 1.16. The van der Waals surface area contributed by atoms with E-state index < -0.39 is 0 Å². The van der Waals surface area contributed by atoms with Gasteiger partial charge in [0, 0.05) is 19.5 Å². The number of carbonyl (C=O) groups excluding carboxylic acids is 1. The number of hydrogen-bond acceptors (Lipinski definition) is 2. The predicted molar refractivity (Wildman–Crippen MR) is 45.2 cm³/mol. The van der Waals surface area contributed by atoms with E-state index in [2.05, 4.69) is 6.07 Å². The third-order valence-electron chi connectivity index (χ3n) is 2.47. The van der Waals surface area contributed by atoms with E-state index in [0.717, 1.165) is 12.8 Å². The molecule has 12 heavy (non-hydrogen) atoms. The normalized spacial score (nSPS) is 29.6. The molecule has 0 spiro atoms. The fourth-order valence-electron chi connectivity index (χ4n) is 1.65. The highest BCUT2D eigenvalue weighted by atomic mass is 16.2. The Kier molecular flexibility index (Phi) is 2.69. The molecule has 1 heterocycles. The number of carbonyl (C=O) groups is 1. The Hall–Kier alpha value is -1.04. The van der Waals surface area contributed by atoms with Gasteiger partial charge in [0.2, 0.25) is 5.91 Å². The number of piperidine rings is 1. The second-order valence-corrected chi connectivity index (χ2v) is 3.42. The van der Waals surface area contributed by atoms with E-state index in [1.807, 2.05) is 6.92 Å². The molecule has 2 unspecified atom stereocenters. The molecule has 1 saturated heterocycles. The Morgan fingerprint density at radius 3 is 2.75 bits per heavy atom. The Morgan fingerprint density at radius 1 is 1.58 bits per heavy atom. The average Bonchev–Trinajstić information content (AvgIpc) is 2.05. The Balaban J connectivity index is 2.60. The summed E-state index contributed by atoms with van der Waals surface area (Å²) in [5, 5.41) is 8.69. The van der Waals surface area contributed by atoms with E-state index in [-0.39, 0.29) is 11.8 Å². The second-order valence-electron chi connectivity index (χ2n) is 3.42. The van der Waals surface area contributed by atoms with Gasteiger partial charge in [-0.1, -0.05) is 0 Å². The summed E-state index contributed by atoms with van der Waals surface area (Å²) in [5.41, 5.74) is 0. The summed E-state index contributed by atoms with van der Waals surface area (Å²) in [5.74, 6) is 0.132. The summed E-state index contributed by atoms with van der Waals surface area (Å²) in [6.07, 6.45) is 1.89. The molecule has 0 aromatic heterocycles. The first-order valence-corrected chi connectivity index (χ1v) is 4.32. The Labute approximate surface area is 73.0 Å². The molecule has 2 atom stereocenters.